The topological polar surface area (TPSA) is 46.5 Å². The minimum absolute atomic E-state index is 0.0815. The number of methoxy groups -OCH3 is 1. The summed E-state index contributed by atoms with van der Waals surface area (Å²) in [6, 6.07) is 3.52. The molecule has 0 saturated carbocycles. The van der Waals surface area contributed by atoms with E-state index in [4.69, 9.17) is 21.4 Å². The Hall–Kier alpha value is -1.22. The third-order valence-corrected chi connectivity index (χ3v) is 2.40. The molecular formula is C10H11ClO3. The lowest BCUT2D eigenvalue weighted by Crippen LogP contribution is -2.03. The van der Waals surface area contributed by atoms with Crippen molar-refractivity contribution in [1.82, 2.24) is 0 Å². The Kier molecular flexibility index (Phi) is 3.36. The van der Waals surface area contributed by atoms with Crippen LogP contribution >= 0.6 is 11.6 Å². The molecular weight excluding hydrogens is 204 g/mol. The monoisotopic (exact) mass is 214 g/mol. The van der Waals surface area contributed by atoms with Crippen LogP contribution in [0.5, 0.6) is 5.75 Å². The molecule has 0 radical (unpaired) electrons. The molecule has 0 bridgehead atoms. The number of hydrogen-bond donors (Lipinski definition) is 1. The maximum Gasteiger partial charge on any atom is 0.307 e. The first-order valence-electron chi connectivity index (χ1n) is 4.10. The van der Waals surface area contributed by atoms with Crippen molar-refractivity contribution >= 4 is 17.6 Å². The molecule has 0 unspecified atom stereocenters. The highest BCUT2D eigenvalue weighted by Gasteiger charge is 2.12. The van der Waals surface area contributed by atoms with Crippen molar-refractivity contribution in [3.8, 4) is 5.75 Å². The zero-order valence-electron chi connectivity index (χ0n) is 8.00. The summed E-state index contributed by atoms with van der Waals surface area (Å²) in [5, 5.41) is 9.06. The zero-order chi connectivity index (χ0) is 10.7. The van der Waals surface area contributed by atoms with Crippen LogP contribution in [0.2, 0.25) is 5.02 Å². The van der Waals surface area contributed by atoms with Gasteiger partial charge in [0.1, 0.15) is 5.75 Å². The second-order valence-corrected chi connectivity index (χ2v) is 3.33. The number of carboxylic acid groups (broad SMARTS) is 1. The summed E-state index contributed by atoms with van der Waals surface area (Å²) in [6.07, 6.45) is -0.0815. The van der Waals surface area contributed by atoms with Crippen LogP contribution in [0.4, 0.5) is 0 Å². The number of benzene rings is 1. The van der Waals surface area contributed by atoms with Crippen molar-refractivity contribution in [2.45, 2.75) is 13.3 Å². The van der Waals surface area contributed by atoms with E-state index in [2.05, 4.69) is 0 Å². The van der Waals surface area contributed by atoms with E-state index in [9.17, 15) is 4.79 Å². The Morgan fingerprint density at radius 3 is 2.71 bits per heavy atom. The number of carbonyl (C=O) groups is 1. The van der Waals surface area contributed by atoms with E-state index >= 15 is 0 Å². The van der Waals surface area contributed by atoms with Gasteiger partial charge in [0, 0.05) is 0 Å². The van der Waals surface area contributed by atoms with Crippen LogP contribution in [0.25, 0.3) is 0 Å². The average molecular weight is 215 g/mol. The first-order chi connectivity index (χ1) is 6.56. The van der Waals surface area contributed by atoms with Crippen LogP contribution in [0.3, 0.4) is 0 Å². The molecule has 0 saturated heterocycles. The second kappa shape index (κ2) is 4.33. The van der Waals surface area contributed by atoms with E-state index < -0.39 is 5.97 Å². The van der Waals surface area contributed by atoms with Gasteiger partial charge in [0.25, 0.3) is 0 Å². The SMILES string of the molecule is COc1ccc(C)c(CC(=O)O)c1Cl. The van der Waals surface area contributed by atoms with Gasteiger partial charge in [-0.25, -0.2) is 0 Å². The second-order valence-electron chi connectivity index (χ2n) is 2.95. The van der Waals surface area contributed by atoms with Gasteiger partial charge >= 0.3 is 5.97 Å². The number of aliphatic carboxylic acids is 1. The lowest BCUT2D eigenvalue weighted by atomic mass is 10.1. The first-order valence-corrected chi connectivity index (χ1v) is 4.47. The summed E-state index contributed by atoms with van der Waals surface area (Å²) in [5.74, 6) is -0.392. The van der Waals surface area contributed by atoms with E-state index in [1.807, 2.05) is 6.92 Å². The molecule has 0 heterocycles. The highest BCUT2D eigenvalue weighted by molar-refractivity contribution is 6.33. The van der Waals surface area contributed by atoms with Gasteiger partial charge in [0.15, 0.2) is 0 Å². The summed E-state index contributed by atoms with van der Waals surface area (Å²) in [7, 11) is 1.50. The molecule has 0 aliphatic carbocycles. The zero-order valence-corrected chi connectivity index (χ0v) is 8.76. The van der Waals surface area contributed by atoms with Gasteiger partial charge in [-0.15, -0.1) is 0 Å². The van der Waals surface area contributed by atoms with Crippen molar-refractivity contribution < 1.29 is 14.6 Å². The Bertz CT molecular complexity index is 361. The Balaban J connectivity index is 3.18. The van der Waals surface area contributed by atoms with E-state index in [0.29, 0.717) is 16.3 Å². The molecule has 1 aromatic rings. The molecule has 0 atom stereocenters. The number of carboxylic acids is 1. The summed E-state index contributed by atoms with van der Waals surface area (Å²) in [4.78, 5) is 10.6. The third-order valence-electron chi connectivity index (χ3n) is 1.99. The fourth-order valence-corrected chi connectivity index (χ4v) is 1.58. The van der Waals surface area contributed by atoms with Crippen LogP contribution in [-0.2, 0) is 11.2 Å². The predicted molar refractivity (Wildman–Crippen MR) is 54.1 cm³/mol. The summed E-state index contributed by atoms with van der Waals surface area (Å²) in [6.45, 7) is 1.82. The van der Waals surface area contributed by atoms with Gasteiger partial charge in [-0.2, -0.15) is 0 Å². The Morgan fingerprint density at radius 2 is 2.21 bits per heavy atom. The van der Waals surface area contributed by atoms with Crippen molar-refractivity contribution in [2.75, 3.05) is 7.11 Å². The van der Waals surface area contributed by atoms with Crippen molar-refractivity contribution in [1.29, 1.82) is 0 Å². The largest absolute Gasteiger partial charge is 0.495 e. The Labute approximate surface area is 87.3 Å². The Morgan fingerprint density at radius 1 is 1.57 bits per heavy atom. The number of ether oxygens (including phenoxy) is 1. The molecule has 0 amide bonds. The van der Waals surface area contributed by atoms with Gasteiger partial charge in [0.2, 0.25) is 0 Å². The molecule has 0 aromatic heterocycles. The smallest absolute Gasteiger partial charge is 0.307 e. The van der Waals surface area contributed by atoms with Crippen molar-refractivity contribution in [3.05, 3.63) is 28.3 Å². The third kappa shape index (κ3) is 2.17. The van der Waals surface area contributed by atoms with Gasteiger partial charge in [-0.1, -0.05) is 17.7 Å². The first kappa shape index (κ1) is 10.9. The number of rotatable bonds is 3. The highest BCUT2D eigenvalue weighted by Crippen LogP contribution is 2.30. The summed E-state index contributed by atoms with van der Waals surface area (Å²) < 4.78 is 5.00. The standard InChI is InChI=1S/C10H11ClO3/c1-6-3-4-8(14-2)10(11)7(6)5-9(12)13/h3-4H,5H2,1-2H3,(H,12,13). The molecule has 0 fully saturated rings. The van der Waals surface area contributed by atoms with E-state index in [1.165, 1.54) is 7.11 Å². The minimum Gasteiger partial charge on any atom is -0.495 e. The number of aryl methyl sites for hydroxylation is 1. The molecule has 4 heteroatoms. The molecule has 1 aromatic carbocycles. The molecule has 0 aliphatic rings. The normalized spacial score (nSPS) is 9.93. The minimum atomic E-state index is -0.900. The predicted octanol–water partition coefficient (Wildman–Crippen LogP) is 2.28. The van der Waals surface area contributed by atoms with Crippen LogP contribution < -0.4 is 4.74 Å². The fourth-order valence-electron chi connectivity index (χ4n) is 1.22. The van der Waals surface area contributed by atoms with Gasteiger partial charge in [-0.3, -0.25) is 4.79 Å². The average Bonchev–Trinajstić information content (AvgIpc) is 2.12. The van der Waals surface area contributed by atoms with Crippen LogP contribution in [0.1, 0.15) is 11.1 Å². The maximum absolute atomic E-state index is 10.6. The highest BCUT2D eigenvalue weighted by atomic mass is 35.5. The fraction of sp³-hybridized carbons (Fsp3) is 0.300. The van der Waals surface area contributed by atoms with Gasteiger partial charge in [-0.05, 0) is 24.1 Å². The van der Waals surface area contributed by atoms with Gasteiger partial charge in [0.05, 0.1) is 18.6 Å². The van der Waals surface area contributed by atoms with Crippen LogP contribution in [0, 0.1) is 6.92 Å². The van der Waals surface area contributed by atoms with Gasteiger partial charge < -0.3 is 9.84 Å². The van der Waals surface area contributed by atoms with Crippen molar-refractivity contribution in [3.63, 3.8) is 0 Å². The summed E-state index contributed by atoms with van der Waals surface area (Å²) >= 11 is 5.97. The van der Waals surface area contributed by atoms with E-state index in [1.54, 1.807) is 12.1 Å². The molecule has 0 spiro atoms. The molecule has 14 heavy (non-hydrogen) atoms. The lowest BCUT2D eigenvalue weighted by molar-refractivity contribution is -0.136. The quantitative estimate of drug-likeness (QED) is 0.840. The van der Waals surface area contributed by atoms with Crippen LogP contribution in [0.15, 0.2) is 12.1 Å². The van der Waals surface area contributed by atoms with Crippen LogP contribution in [-0.4, -0.2) is 18.2 Å². The molecule has 0 aliphatic heterocycles. The number of hydrogen-bond acceptors (Lipinski definition) is 2. The molecule has 1 N–H and O–H groups in total. The molecule has 3 nitrogen and oxygen atoms in total. The molecule has 1 rings (SSSR count). The summed E-state index contributed by atoms with van der Waals surface area (Å²) in [5.41, 5.74) is 1.47. The molecule has 76 valence electrons. The van der Waals surface area contributed by atoms with Crippen molar-refractivity contribution in [2.24, 2.45) is 0 Å². The lowest BCUT2D eigenvalue weighted by Gasteiger charge is -2.09. The maximum atomic E-state index is 10.6. The number of halogens is 1. The van der Waals surface area contributed by atoms with E-state index in [-0.39, 0.29) is 6.42 Å². The van der Waals surface area contributed by atoms with E-state index in [0.717, 1.165) is 5.56 Å².